The molecule has 2 heterocycles. The summed E-state index contributed by atoms with van der Waals surface area (Å²) in [5.74, 6) is 0.379. The predicted molar refractivity (Wildman–Crippen MR) is 123 cm³/mol. The van der Waals surface area contributed by atoms with Crippen LogP contribution in [0.3, 0.4) is 0 Å². The Labute approximate surface area is 186 Å². The molecule has 0 unspecified atom stereocenters. The number of rotatable bonds is 5. The van der Waals surface area contributed by atoms with Crippen molar-refractivity contribution in [3.8, 4) is 5.75 Å². The second-order valence-corrected chi connectivity index (χ2v) is 7.72. The van der Waals surface area contributed by atoms with E-state index in [4.69, 9.17) is 10.5 Å². The van der Waals surface area contributed by atoms with Crippen molar-refractivity contribution in [2.24, 2.45) is 0 Å². The van der Waals surface area contributed by atoms with E-state index in [0.717, 1.165) is 21.6 Å². The number of carbonyl (C=O) groups is 1. The van der Waals surface area contributed by atoms with Gasteiger partial charge in [0.1, 0.15) is 17.4 Å². The molecule has 9 heteroatoms. The number of anilines is 3. The lowest BCUT2D eigenvalue weighted by atomic mass is 10.2. The van der Waals surface area contributed by atoms with Crippen molar-refractivity contribution in [3.63, 3.8) is 0 Å². The SMILES string of the molecule is COc1ccc(Br)cc1NC(=O)Nc1cccc2c1ccn2Cc1cc(N)ncc1F. The van der Waals surface area contributed by atoms with Gasteiger partial charge in [0.05, 0.1) is 36.7 Å². The second kappa shape index (κ2) is 8.65. The Hall–Kier alpha value is -3.59. The Kier molecular flexibility index (Phi) is 5.77. The fraction of sp³-hybridized carbons (Fsp3) is 0.0909. The first-order valence-electron chi connectivity index (χ1n) is 9.34. The van der Waals surface area contributed by atoms with Gasteiger partial charge in [-0.05, 0) is 42.5 Å². The van der Waals surface area contributed by atoms with Crippen LogP contribution in [-0.4, -0.2) is 22.7 Å². The summed E-state index contributed by atoms with van der Waals surface area (Å²) < 4.78 is 22.1. The largest absolute Gasteiger partial charge is 0.495 e. The van der Waals surface area contributed by atoms with Crippen molar-refractivity contribution in [1.29, 1.82) is 0 Å². The molecule has 0 aliphatic heterocycles. The number of fused-ring (bicyclic) bond motifs is 1. The zero-order chi connectivity index (χ0) is 22.0. The first-order chi connectivity index (χ1) is 14.9. The van der Waals surface area contributed by atoms with E-state index in [-0.39, 0.29) is 12.4 Å². The number of amides is 2. The molecule has 4 N–H and O–H groups in total. The van der Waals surface area contributed by atoms with Gasteiger partial charge < -0.3 is 25.7 Å². The molecule has 2 aromatic heterocycles. The monoisotopic (exact) mass is 483 g/mol. The Balaban J connectivity index is 1.57. The number of benzene rings is 2. The van der Waals surface area contributed by atoms with Crippen molar-refractivity contribution in [2.45, 2.75) is 6.54 Å². The number of methoxy groups -OCH3 is 1. The molecule has 4 rings (SSSR count). The molecular weight excluding hydrogens is 465 g/mol. The maximum Gasteiger partial charge on any atom is 0.323 e. The molecule has 0 saturated carbocycles. The van der Waals surface area contributed by atoms with Gasteiger partial charge in [-0.1, -0.05) is 22.0 Å². The van der Waals surface area contributed by atoms with Gasteiger partial charge in [-0.2, -0.15) is 0 Å². The number of hydrogen-bond acceptors (Lipinski definition) is 4. The quantitative estimate of drug-likeness (QED) is 0.362. The van der Waals surface area contributed by atoms with Gasteiger partial charge in [-0.25, -0.2) is 14.2 Å². The Morgan fingerprint density at radius 1 is 1.19 bits per heavy atom. The highest BCUT2D eigenvalue weighted by molar-refractivity contribution is 9.10. The van der Waals surface area contributed by atoms with Gasteiger partial charge in [0, 0.05) is 21.6 Å². The third-order valence-electron chi connectivity index (χ3n) is 4.77. The topological polar surface area (TPSA) is 94.2 Å². The van der Waals surface area contributed by atoms with Gasteiger partial charge in [0.15, 0.2) is 0 Å². The van der Waals surface area contributed by atoms with Crippen LogP contribution in [-0.2, 0) is 6.54 Å². The van der Waals surface area contributed by atoms with Crippen LogP contribution in [0.5, 0.6) is 5.75 Å². The second-order valence-electron chi connectivity index (χ2n) is 6.81. The molecule has 0 spiro atoms. The molecular formula is C22H19BrFN5O2. The molecule has 2 amide bonds. The van der Waals surface area contributed by atoms with Gasteiger partial charge in [-0.15, -0.1) is 0 Å². The highest BCUT2D eigenvalue weighted by atomic mass is 79.9. The molecule has 158 valence electrons. The summed E-state index contributed by atoms with van der Waals surface area (Å²) in [7, 11) is 1.54. The zero-order valence-corrected chi connectivity index (χ0v) is 18.1. The molecule has 0 saturated heterocycles. The van der Waals surface area contributed by atoms with Crippen LogP contribution in [0.4, 0.5) is 26.4 Å². The van der Waals surface area contributed by atoms with E-state index in [2.05, 4.69) is 31.5 Å². The molecule has 7 nitrogen and oxygen atoms in total. The summed E-state index contributed by atoms with van der Waals surface area (Å²) in [4.78, 5) is 16.4. The van der Waals surface area contributed by atoms with Gasteiger partial charge >= 0.3 is 6.03 Å². The normalized spacial score (nSPS) is 10.8. The first kappa shape index (κ1) is 20.7. The number of halogens is 2. The van der Waals surface area contributed by atoms with Crippen LogP contribution in [0.1, 0.15) is 5.56 Å². The van der Waals surface area contributed by atoms with Crippen LogP contribution < -0.4 is 21.1 Å². The summed E-state index contributed by atoms with van der Waals surface area (Å²) in [5.41, 5.74) is 8.12. The Morgan fingerprint density at radius 2 is 2.00 bits per heavy atom. The van der Waals surface area contributed by atoms with Gasteiger partial charge in [0.2, 0.25) is 0 Å². The third-order valence-corrected chi connectivity index (χ3v) is 5.26. The number of carbonyl (C=O) groups excluding carboxylic acids is 1. The van der Waals surface area contributed by atoms with Crippen LogP contribution in [0.15, 0.2) is 65.4 Å². The number of aromatic nitrogens is 2. The van der Waals surface area contributed by atoms with Crippen molar-refractivity contribution in [3.05, 3.63) is 76.8 Å². The predicted octanol–water partition coefficient (Wildman–Crippen LogP) is 5.22. The maximum absolute atomic E-state index is 14.1. The number of nitrogens with zero attached hydrogens (tertiary/aromatic N) is 2. The highest BCUT2D eigenvalue weighted by Crippen LogP contribution is 2.29. The summed E-state index contributed by atoms with van der Waals surface area (Å²) in [6, 6.07) is 13.8. The fourth-order valence-electron chi connectivity index (χ4n) is 3.33. The number of urea groups is 1. The van der Waals surface area contributed by atoms with Gasteiger partial charge in [0.25, 0.3) is 0 Å². The van der Waals surface area contributed by atoms with Crippen molar-refractivity contribution in [1.82, 2.24) is 9.55 Å². The summed E-state index contributed by atoms with van der Waals surface area (Å²) in [6.45, 7) is 0.285. The van der Waals surface area contributed by atoms with Crippen molar-refractivity contribution >= 4 is 50.1 Å². The molecule has 0 fully saturated rings. The van der Waals surface area contributed by atoms with Crippen LogP contribution in [0.25, 0.3) is 10.9 Å². The van der Waals surface area contributed by atoms with Gasteiger partial charge in [-0.3, -0.25) is 0 Å². The summed E-state index contributed by atoms with van der Waals surface area (Å²) in [6.07, 6.45) is 2.95. The lowest BCUT2D eigenvalue weighted by Gasteiger charge is -2.13. The average Bonchev–Trinajstić information content (AvgIpc) is 3.15. The number of hydrogen-bond donors (Lipinski definition) is 3. The van der Waals surface area contributed by atoms with E-state index in [9.17, 15) is 9.18 Å². The molecule has 0 aliphatic carbocycles. The molecule has 0 bridgehead atoms. The lowest BCUT2D eigenvalue weighted by Crippen LogP contribution is -2.20. The van der Waals surface area contributed by atoms with Crippen molar-refractivity contribution < 1.29 is 13.9 Å². The highest BCUT2D eigenvalue weighted by Gasteiger charge is 2.12. The van der Waals surface area contributed by atoms with Crippen LogP contribution in [0.2, 0.25) is 0 Å². The standard InChI is InChI=1S/C22H19BrFN5O2/c1-31-20-6-5-14(23)10-18(20)28-22(30)27-17-3-2-4-19-15(17)7-8-29(19)12-13-9-21(25)26-11-16(13)24/h2-11H,12H2,1H3,(H2,25,26)(H2,27,28,30). The maximum atomic E-state index is 14.1. The van der Waals surface area contributed by atoms with Crippen LogP contribution in [0, 0.1) is 5.82 Å². The van der Waals surface area contributed by atoms with E-state index >= 15 is 0 Å². The smallest absolute Gasteiger partial charge is 0.323 e. The number of nitrogen functional groups attached to an aromatic ring is 1. The van der Waals surface area contributed by atoms with E-state index in [0.29, 0.717) is 22.7 Å². The lowest BCUT2D eigenvalue weighted by molar-refractivity contribution is 0.262. The summed E-state index contributed by atoms with van der Waals surface area (Å²) >= 11 is 3.39. The number of nitrogens with two attached hydrogens (primary N) is 1. The van der Waals surface area contributed by atoms with E-state index in [1.807, 2.05) is 35.0 Å². The van der Waals surface area contributed by atoms with Crippen LogP contribution >= 0.6 is 15.9 Å². The molecule has 2 aromatic carbocycles. The molecule has 0 radical (unpaired) electrons. The minimum Gasteiger partial charge on any atom is -0.495 e. The minimum atomic E-state index is -0.423. The minimum absolute atomic E-state index is 0.259. The fourth-order valence-corrected chi connectivity index (χ4v) is 3.69. The van der Waals surface area contributed by atoms with E-state index in [1.165, 1.54) is 13.2 Å². The number of nitrogens with one attached hydrogen (secondary N) is 2. The van der Waals surface area contributed by atoms with E-state index < -0.39 is 11.8 Å². The first-order valence-corrected chi connectivity index (χ1v) is 10.1. The zero-order valence-electron chi connectivity index (χ0n) is 16.5. The average molecular weight is 484 g/mol. The molecule has 0 atom stereocenters. The molecule has 4 aromatic rings. The third kappa shape index (κ3) is 4.46. The summed E-state index contributed by atoms with van der Waals surface area (Å²) in [5, 5.41) is 6.48. The number of ether oxygens (including phenoxy) is 1. The van der Waals surface area contributed by atoms with Crippen molar-refractivity contribution in [2.75, 3.05) is 23.5 Å². The Bertz CT molecular complexity index is 1270. The molecule has 0 aliphatic rings. The number of pyridine rings is 1. The van der Waals surface area contributed by atoms with E-state index in [1.54, 1.807) is 18.2 Å². The Morgan fingerprint density at radius 3 is 2.81 bits per heavy atom. The molecule has 31 heavy (non-hydrogen) atoms.